The van der Waals surface area contributed by atoms with Crippen molar-refractivity contribution in [2.24, 2.45) is 5.92 Å². The maximum absolute atomic E-state index is 12.0. The second-order valence-corrected chi connectivity index (χ2v) is 4.47. The van der Waals surface area contributed by atoms with Crippen LogP contribution in [0, 0.1) is 5.92 Å². The molecule has 0 aromatic carbocycles. The fourth-order valence-electron chi connectivity index (χ4n) is 1.79. The van der Waals surface area contributed by atoms with Gasteiger partial charge in [0.25, 0.3) is 0 Å². The zero-order chi connectivity index (χ0) is 14.1. The lowest BCUT2D eigenvalue weighted by Crippen LogP contribution is -2.48. The van der Waals surface area contributed by atoms with Crippen molar-refractivity contribution in [3.63, 3.8) is 0 Å². The molecule has 2 N–H and O–H groups in total. The fourth-order valence-corrected chi connectivity index (χ4v) is 1.79. The van der Waals surface area contributed by atoms with E-state index in [1.807, 2.05) is 6.92 Å². The average molecular weight is 258 g/mol. The van der Waals surface area contributed by atoms with Crippen molar-refractivity contribution < 1.29 is 14.7 Å². The molecule has 18 heavy (non-hydrogen) atoms. The molecule has 0 aliphatic carbocycles. The van der Waals surface area contributed by atoms with Crippen molar-refractivity contribution in [2.45, 2.75) is 53.0 Å². The van der Waals surface area contributed by atoms with Crippen LogP contribution in [0.1, 0.15) is 47.0 Å². The van der Waals surface area contributed by atoms with Gasteiger partial charge in [-0.1, -0.05) is 33.6 Å². The van der Waals surface area contributed by atoms with Gasteiger partial charge in [-0.2, -0.15) is 0 Å². The number of rotatable bonds is 8. The Bertz CT molecular complexity index is 265. The van der Waals surface area contributed by atoms with Crippen molar-refractivity contribution in [1.82, 2.24) is 10.2 Å². The highest BCUT2D eigenvalue weighted by molar-refractivity contribution is 5.82. The minimum absolute atomic E-state index is 0.279. The summed E-state index contributed by atoms with van der Waals surface area (Å²) in [4.78, 5) is 24.5. The third-order valence-corrected chi connectivity index (χ3v) is 3.31. The first kappa shape index (κ1) is 16.7. The molecule has 0 saturated heterocycles. The molecule has 0 heterocycles. The number of hydrogen-bond acceptors (Lipinski definition) is 2. The Kier molecular flexibility index (Phi) is 8.16. The lowest BCUT2D eigenvalue weighted by molar-refractivity contribution is -0.139. The molecule has 0 unspecified atom stereocenters. The number of carboxylic acids is 1. The summed E-state index contributed by atoms with van der Waals surface area (Å²) in [5, 5.41) is 11.5. The van der Waals surface area contributed by atoms with E-state index in [-0.39, 0.29) is 6.03 Å². The lowest BCUT2D eigenvalue weighted by Gasteiger charge is -2.27. The Morgan fingerprint density at radius 3 is 2.00 bits per heavy atom. The summed E-state index contributed by atoms with van der Waals surface area (Å²) in [6, 6.07) is -1.08. The van der Waals surface area contributed by atoms with Crippen LogP contribution in [0.4, 0.5) is 4.79 Å². The smallest absolute Gasteiger partial charge is 0.326 e. The Balaban J connectivity index is 4.46. The van der Waals surface area contributed by atoms with Gasteiger partial charge in [-0.25, -0.2) is 9.59 Å². The number of aliphatic carboxylic acids is 1. The van der Waals surface area contributed by atoms with Crippen molar-refractivity contribution in [1.29, 1.82) is 0 Å². The molecule has 0 aromatic rings. The topological polar surface area (TPSA) is 69.6 Å². The molecular weight excluding hydrogens is 232 g/mol. The molecule has 0 rings (SSSR count). The Hall–Kier alpha value is -1.26. The lowest BCUT2D eigenvalue weighted by atomic mass is 10.0. The highest BCUT2D eigenvalue weighted by Crippen LogP contribution is 2.10. The van der Waals surface area contributed by atoms with Gasteiger partial charge in [0.05, 0.1) is 0 Å². The summed E-state index contributed by atoms with van der Waals surface area (Å²) in [5.74, 6) is -0.509. The van der Waals surface area contributed by atoms with Crippen LogP contribution in [0.3, 0.4) is 0 Å². The summed E-state index contributed by atoms with van der Waals surface area (Å²) in [5.41, 5.74) is 0. The van der Waals surface area contributed by atoms with E-state index in [1.54, 1.807) is 11.8 Å². The van der Waals surface area contributed by atoms with Crippen LogP contribution in [0.2, 0.25) is 0 Å². The van der Waals surface area contributed by atoms with E-state index < -0.39 is 12.0 Å². The number of nitrogens with one attached hydrogen (secondary N) is 1. The molecule has 0 aliphatic rings. The first-order valence-corrected chi connectivity index (χ1v) is 6.78. The second kappa shape index (κ2) is 8.78. The molecule has 0 bridgehead atoms. The molecule has 0 radical (unpaired) electrons. The molecule has 0 aliphatic heterocycles. The van der Waals surface area contributed by atoms with Gasteiger partial charge in [0, 0.05) is 13.1 Å². The van der Waals surface area contributed by atoms with E-state index >= 15 is 0 Å². The van der Waals surface area contributed by atoms with Crippen molar-refractivity contribution in [3.8, 4) is 0 Å². The molecule has 1 atom stereocenters. The zero-order valence-electron chi connectivity index (χ0n) is 11.9. The van der Waals surface area contributed by atoms with Crippen molar-refractivity contribution in [3.05, 3.63) is 0 Å². The first-order chi connectivity index (χ1) is 8.49. The molecule has 0 fully saturated rings. The molecule has 5 heteroatoms. The fraction of sp³-hybridized carbons (Fsp3) is 0.846. The zero-order valence-corrected chi connectivity index (χ0v) is 11.9. The van der Waals surface area contributed by atoms with Crippen LogP contribution >= 0.6 is 0 Å². The Morgan fingerprint density at radius 1 is 1.11 bits per heavy atom. The Morgan fingerprint density at radius 2 is 1.67 bits per heavy atom. The number of urea groups is 1. The predicted octanol–water partition coefficient (Wildman–Crippen LogP) is 2.32. The van der Waals surface area contributed by atoms with Crippen molar-refractivity contribution >= 4 is 12.0 Å². The second-order valence-electron chi connectivity index (χ2n) is 4.47. The summed E-state index contributed by atoms with van der Waals surface area (Å²) in [7, 11) is 0. The normalized spacial score (nSPS) is 12.3. The number of amides is 2. The van der Waals surface area contributed by atoms with Crippen LogP contribution in [-0.4, -0.2) is 41.1 Å². The monoisotopic (exact) mass is 258 g/mol. The molecule has 0 spiro atoms. The average Bonchev–Trinajstić information content (AvgIpc) is 2.36. The van der Waals surface area contributed by atoms with Gasteiger partial charge in [0.2, 0.25) is 0 Å². The number of carbonyl (C=O) groups excluding carboxylic acids is 1. The van der Waals surface area contributed by atoms with Gasteiger partial charge in [0.15, 0.2) is 0 Å². The maximum Gasteiger partial charge on any atom is 0.326 e. The summed E-state index contributed by atoms with van der Waals surface area (Å²) < 4.78 is 0. The third kappa shape index (κ3) is 5.38. The van der Waals surface area contributed by atoms with Gasteiger partial charge in [-0.15, -0.1) is 0 Å². The molecule has 0 saturated carbocycles. The van der Waals surface area contributed by atoms with Gasteiger partial charge in [-0.3, -0.25) is 0 Å². The van der Waals surface area contributed by atoms with E-state index in [0.29, 0.717) is 25.4 Å². The largest absolute Gasteiger partial charge is 0.480 e. The predicted molar refractivity (Wildman–Crippen MR) is 71.6 cm³/mol. The highest BCUT2D eigenvalue weighted by Gasteiger charge is 2.21. The van der Waals surface area contributed by atoms with E-state index in [4.69, 9.17) is 5.11 Å². The Labute approximate surface area is 110 Å². The molecule has 0 aromatic heterocycles. The number of hydrogen-bond donors (Lipinski definition) is 2. The molecular formula is C13H26N2O3. The number of carboxylic acid groups (broad SMARTS) is 1. The van der Waals surface area contributed by atoms with Gasteiger partial charge >= 0.3 is 12.0 Å². The van der Waals surface area contributed by atoms with E-state index in [9.17, 15) is 9.59 Å². The van der Waals surface area contributed by atoms with Gasteiger partial charge in [-0.05, 0) is 19.3 Å². The van der Waals surface area contributed by atoms with Crippen molar-refractivity contribution in [2.75, 3.05) is 13.1 Å². The SMILES string of the molecule is CCC(CC)CN(CC)C(=O)N[C@@H](CC)C(=O)O. The van der Waals surface area contributed by atoms with Crippen LogP contribution in [0.5, 0.6) is 0 Å². The van der Waals surface area contributed by atoms with Crippen LogP contribution in [0.15, 0.2) is 0 Å². The van der Waals surface area contributed by atoms with E-state index in [1.165, 1.54) is 0 Å². The minimum atomic E-state index is -0.982. The number of carbonyl (C=O) groups is 2. The molecule has 2 amide bonds. The van der Waals surface area contributed by atoms with Crippen LogP contribution in [0.25, 0.3) is 0 Å². The maximum atomic E-state index is 12.0. The quantitative estimate of drug-likeness (QED) is 0.702. The first-order valence-electron chi connectivity index (χ1n) is 6.78. The van der Waals surface area contributed by atoms with Crippen LogP contribution < -0.4 is 5.32 Å². The van der Waals surface area contributed by atoms with Crippen LogP contribution in [-0.2, 0) is 4.79 Å². The third-order valence-electron chi connectivity index (χ3n) is 3.31. The number of nitrogens with zero attached hydrogens (tertiary/aromatic N) is 1. The summed E-state index contributed by atoms with van der Waals surface area (Å²) in [6.07, 6.45) is 2.44. The van der Waals surface area contributed by atoms with E-state index in [2.05, 4.69) is 19.2 Å². The highest BCUT2D eigenvalue weighted by atomic mass is 16.4. The standard InChI is InChI=1S/C13H26N2O3/c1-5-10(6-2)9-15(8-4)13(18)14-11(7-3)12(16)17/h10-11H,5-9H2,1-4H3,(H,14,18)(H,16,17)/t11-/m0/s1. The summed E-state index contributed by atoms with van der Waals surface area (Å²) in [6.45, 7) is 9.14. The molecule has 5 nitrogen and oxygen atoms in total. The van der Waals surface area contributed by atoms with Gasteiger partial charge in [0.1, 0.15) is 6.04 Å². The van der Waals surface area contributed by atoms with Gasteiger partial charge < -0.3 is 15.3 Å². The molecule has 106 valence electrons. The summed E-state index contributed by atoms with van der Waals surface area (Å²) >= 11 is 0. The minimum Gasteiger partial charge on any atom is -0.480 e. The van der Waals surface area contributed by atoms with E-state index in [0.717, 1.165) is 12.8 Å².